The summed E-state index contributed by atoms with van der Waals surface area (Å²) in [5, 5.41) is 10.6. The molecule has 0 spiro atoms. The maximum absolute atomic E-state index is 13.1. The number of carbonyl (C=O) groups is 4. The van der Waals surface area contributed by atoms with E-state index in [4.69, 9.17) is 37.0 Å². The van der Waals surface area contributed by atoms with E-state index in [0.29, 0.717) is 31.6 Å². The second kappa shape index (κ2) is 66.6. The van der Waals surface area contributed by atoms with Gasteiger partial charge >= 0.3 is 39.5 Å². The van der Waals surface area contributed by atoms with Gasteiger partial charge in [-0.1, -0.05) is 337 Å². The number of hydrogen-bond acceptors (Lipinski definition) is 15. The summed E-state index contributed by atoms with van der Waals surface area (Å²) in [6.45, 7) is 11.9. The molecule has 0 fully saturated rings. The summed E-state index contributed by atoms with van der Waals surface area (Å²) in [5.74, 6) is 0.168. The molecule has 0 saturated carbocycles. The monoisotopic (exact) mass is 1400 g/mol. The normalized spacial score (nSPS) is 14.1. The lowest BCUT2D eigenvalue weighted by Crippen LogP contribution is -2.30. The molecule has 0 rings (SSSR count). The molecule has 0 aliphatic heterocycles. The van der Waals surface area contributed by atoms with Gasteiger partial charge in [-0.2, -0.15) is 0 Å². The highest BCUT2D eigenvalue weighted by Gasteiger charge is 2.30. The van der Waals surface area contributed by atoms with E-state index >= 15 is 0 Å². The summed E-state index contributed by atoms with van der Waals surface area (Å²) in [4.78, 5) is 72.7. The van der Waals surface area contributed by atoms with Gasteiger partial charge in [0.05, 0.1) is 26.4 Å². The number of esters is 4. The summed E-state index contributed by atoms with van der Waals surface area (Å²) in [6, 6.07) is 0. The van der Waals surface area contributed by atoms with E-state index in [1.165, 1.54) is 193 Å². The zero-order valence-electron chi connectivity index (χ0n) is 62.1. The zero-order chi connectivity index (χ0) is 70.1. The van der Waals surface area contributed by atoms with E-state index in [1.54, 1.807) is 0 Å². The summed E-state index contributed by atoms with van der Waals surface area (Å²) < 4.78 is 68.4. The van der Waals surface area contributed by atoms with Crippen LogP contribution >= 0.6 is 15.6 Å². The third kappa shape index (κ3) is 70.3. The van der Waals surface area contributed by atoms with Gasteiger partial charge in [0.25, 0.3) is 0 Å². The number of ether oxygens (including phenoxy) is 4. The topological polar surface area (TPSA) is 237 Å². The summed E-state index contributed by atoms with van der Waals surface area (Å²) in [6.07, 6.45) is 52.9. The summed E-state index contributed by atoms with van der Waals surface area (Å²) in [7, 11) is -9.91. The van der Waals surface area contributed by atoms with Crippen molar-refractivity contribution in [2.45, 2.75) is 407 Å². The van der Waals surface area contributed by atoms with Crippen LogP contribution in [0.15, 0.2) is 0 Å². The molecule has 95 heavy (non-hydrogen) atoms. The first-order valence-electron chi connectivity index (χ1n) is 39.3. The number of phosphoric acid groups is 2. The molecule has 3 N–H and O–H groups in total. The van der Waals surface area contributed by atoms with Crippen LogP contribution in [0.25, 0.3) is 0 Å². The smallest absolute Gasteiger partial charge is 0.462 e. The van der Waals surface area contributed by atoms with Crippen molar-refractivity contribution in [3.05, 3.63) is 0 Å². The quantitative estimate of drug-likeness (QED) is 0.0222. The van der Waals surface area contributed by atoms with E-state index in [-0.39, 0.29) is 25.7 Å². The van der Waals surface area contributed by atoms with Crippen molar-refractivity contribution in [3.63, 3.8) is 0 Å². The second-order valence-corrected chi connectivity index (χ2v) is 31.7. The molecule has 0 aliphatic rings. The molecule has 19 heteroatoms. The van der Waals surface area contributed by atoms with Gasteiger partial charge in [0, 0.05) is 25.7 Å². The van der Waals surface area contributed by atoms with Crippen molar-refractivity contribution in [2.24, 2.45) is 17.8 Å². The SMILES string of the molecule is CCCCCCCCCCCCC(=O)O[C@H](COC(=O)CCCCCCCCC(C)C)COP(=O)(O)OC[C@H](O)COP(=O)(O)OC[C@@H](COC(=O)CCCCCCCCCCCCCCCCC(C)C)OC(=O)CCCCCCCCCCCCCCCCCCC(C)C. The Balaban J connectivity index is 5.20. The van der Waals surface area contributed by atoms with Crippen LogP contribution in [0.1, 0.15) is 389 Å². The predicted octanol–water partition coefficient (Wildman–Crippen LogP) is 22.2. The molecule has 0 aromatic rings. The first kappa shape index (κ1) is 93.1. The van der Waals surface area contributed by atoms with Gasteiger partial charge in [-0.3, -0.25) is 37.3 Å². The van der Waals surface area contributed by atoms with Gasteiger partial charge in [0.1, 0.15) is 19.3 Å². The summed E-state index contributed by atoms with van der Waals surface area (Å²) >= 11 is 0. The van der Waals surface area contributed by atoms with Gasteiger partial charge in [0.15, 0.2) is 12.2 Å². The van der Waals surface area contributed by atoms with Crippen molar-refractivity contribution in [3.8, 4) is 0 Å². The molecule has 17 nitrogen and oxygen atoms in total. The standard InChI is InChI=1S/C76H148O17P2/c1-8-9-10-11-12-13-30-36-45-52-59-75(80)93-72(64-87-74(79)58-51-44-39-38-42-49-56-69(6)7)66-91-95(84,85)89-62-70(77)61-88-94(82,83)90-65-71(63-86-73(78)57-50-43-35-31-26-22-19-18-21-25-29-34-41-48-55-68(4)5)92-76(81)60-53-46-37-32-27-23-17-15-14-16-20-24-28-33-40-47-54-67(2)3/h67-72,77H,8-66H2,1-7H3,(H,82,83)(H,84,85)/t70-,71-,72-/m1/s1. The van der Waals surface area contributed by atoms with Crippen LogP contribution in [0.5, 0.6) is 0 Å². The fourth-order valence-corrected chi connectivity index (χ4v) is 13.2. The Kier molecular flexibility index (Phi) is 65.2. The second-order valence-electron chi connectivity index (χ2n) is 28.8. The van der Waals surface area contributed by atoms with Gasteiger partial charge in [0.2, 0.25) is 0 Å². The summed E-state index contributed by atoms with van der Waals surface area (Å²) in [5.41, 5.74) is 0. The molecule has 0 aromatic carbocycles. The van der Waals surface area contributed by atoms with E-state index in [1.807, 2.05) is 0 Å². The molecular weight excluding hydrogens is 1250 g/mol. The van der Waals surface area contributed by atoms with Crippen molar-refractivity contribution in [1.29, 1.82) is 0 Å². The molecule has 0 bridgehead atoms. The molecule has 5 atom stereocenters. The highest BCUT2D eigenvalue weighted by Crippen LogP contribution is 2.45. The molecule has 564 valence electrons. The minimum absolute atomic E-state index is 0.105. The third-order valence-electron chi connectivity index (χ3n) is 17.6. The number of rotatable bonds is 74. The van der Waals surface area contributed by atoms with Crippen LogP contribution in [0, 0.1) is 17.8 Å². The molecule has 0 amide bonds. The molecule has 0 saturated heterocycles. The lowest BCUT2D eigenvalue weighted by molar-refractivity contribution is -0.161. The predicted molar refractivity (Wildman–Crippen MR) is 386 cm³/mol. The van der Waals surface area contributed by atoms with Gasteiger partial charge < -0.3 is 33.8 Å². The van der Waals surface area contributed by atoms with Crippen molar-refractivity contribution in [2.75, 3.05) is 39.6 Å². The Labute approximate surface area is 581 Å². The number of phosphoric ester groups is 2. The van der Waals surface area contributed by atoms with Crippen LogP contribution in [0.4, 0.5) is 0 Å². The minimum Gasteiger partial charge on any atom is -0.462 e. The largest absolute Gasteiger partial charge is 0.472 e. The van der Waals surface area contributed by atoms with E-state index in [9.17, 15) is 43.2 Å². The molecule has 2 unspecified atom stereocenters. The van der Waals surface area contributed by atoms with Crippen LogP contribution < -0.4 is 0 Å². The first-order valence-corrected chi connectivity index (χ1v) is 42.3. The fraction of sp³-hybridized carbons (Fsp3) is 0.947. The Bertz CT molecular complexity index is 1850. The lowest BCUT2D eigenvalue weighted by atomic mass is 10.0. The molecule has 0 aromatic heterocycles. The van der Waals surface area contributed by atoms with Crippen molar-refractivity contribution in [1.82, 2.24) is 0 Å². The van der Waals surface area contributed by atoms with E-state index in [0.717, 1.165) is 108 Å². The minimum atomic E-state index is -4.96. The van der Waals surface area contributed by atoms with E-state index < -0.39 is 97.5 Å². The Morgan fingerprint density at radius 1 is 0.284 bits per heavy atom. The molecule has 0 aliphatic carbocycles. The average Bonchev–Trinajstić information content (AvgIpc) is 2.13. The molecule has 0 heterocycles. The highest BCUT2D eigenvalue weighted by atomic mass is 31.2. The third-order valence-corrected chi connectivity index (χ3v) is 19.5. The van der Waals surface area contributed by atoms with Gasteiger partial charge in [-0.15, -0.1) is 0 Å². The number of aliphatic hydroxyl groups is 1. The van der Waals surface area contributed by atoms with Gasteiger partial charge in [-0.25, -0.2) is 9.13 Å². The van der Waals surface area contributed by atoms with E-state index in [2.05, 4.69) is 48.5 Å². The fourth-order valence-electron chi connectivity index (χ4n) is 11.6. The average molecular weight is 1400 g/mol. The Morgan fingerprint density at radius 3 is 0.716 bits per heavy atom. The maximum atomic E-state index is 13.1. The Hall–Kier alpha value is -1.94. The lowest BCUT2D eigenvalue weighted by Gasteiger charge is -2.21. The number of carbonyl (C=O) groups excluding carboxylic acids is 4. The maximum Gasteiger partial charge on any atom is 0.472 e. The van der Waals surface area contributed by atoms with Crippen LogP contribution in [-0.2, 0) is 65.4 Å². The number of aliphatic hydroxyl groups excluding tert-OH is 1. The van der Waals surface area contributed by atoms with Crippen LogP contribution in [0.2, 0.25) is 0 Å². The highest BCUT2D eigenvalue weighted by molar-refractivity contribution is 7.47. The van der Waals surface area contributed by atoms with Crippen LogP contribution in [-0.4, -0.2) is 96.7 Å². The van der Waals surface area contributed by atoms with Gasteiger partial charge in [-0.05, 0) is 43.4 Å². The van der Waals surface area contributed by atoms with Crippen LogP contribution in [0.3, 0.4) is 0 Å². The number of hydrogen-bond donors (Lipinski definition) is 3. The Morgan fingerprint density at radius 2 is 0.484 bits per heavy atom. The molecular formula is C76H148O17P2. The zero-order valence-corrected chi connectivity index (χ0v) is 63.9. The molecule has 0 radical (unpaired) electrons. The van der Waals surface area contributed by atoms with Crippen molar-refractivity contribution >= 4 is 39.5 Å². The van der Waals surface area contributed by atoms with Crippen molar-refractivity contribution < 1.29 is 80.2 Å². The number of unbranched alkanes of at least 4 members (excludes halogenated alkanes) is 42. The first-order chi connectivity index (χ1) is 45.7.